The highest BCUT2D eigenvalue weighted by Crippen LogP contribution is 2.22. The molecule has 1 heterocycles. The van der Waals surface area contributed by atoms with Gasteiger partial charge in [-0.3, -0.25) is 14.4 Å². The molecule has 3 aromatic rings. The number of methoxy groups -OCH3 is 1. The molecule has 8 nitrogen and oxygen atoms in total. The quantitative estimate of drug-likeness (QED) is 0.531. The van der Waals surface area contributed by atoms with Gasteiger partial charge in [-0.1, -0.05) is 18.2 Å². The van der Waals surface area contributed by atoms with Gasteiger partial charge in [0.05, 0.1) is 19.8 Å². The van der Waals surface area contributed by atoms with Gasteiger partial charge in [0.25, 0.3) is 11.8 Å². The van der Waals surface area contributed by atoms with Crippen LogP contribution in [0.2, 0.25) is 0 Å². The molecule has 0 spiro atoms. The number of fused-ring (bicyclic) bond motifs is 1. The summed E-state index contributed by atoms with van der Waals surface area (Å²) in [5, 5.41) is 4.63. The molecule has 0 aliphatic rings. The summed E-state index contributed by atoms with van der Waals surface area (Å²) >= 11 is 0. The second kappa shape index (κ2) is 10.3. The van der Waals surface area contributed by atoms with Crippen LogP contribution >= 0.6 is 0 Å². The van der Waals surface area contributed by atoms with Gasteiger partial charge >= 0.3 is 5.97 Å². The second-order valence-electron chi connectivity index (χ2n) is 6.94. The molecule has 0 saturated carbocycles. The number of rotatable bonds is 9. The minimum absolute atomic E-state index is 0.0441. The van der Waals surface area contributed by atoms with Crippen LogP contribution in [-0.2, 0) is 20.9 Å². The molecule has 0 atom stereocenters. The normalized spacial score (nSPS) is 10.5. The van der Waals surface area contributed by atoms with Gasteiger partial charge < -0.3 is 24.1 Å². The molecule has 0 radical (unpaired) electrons. The maximum atomic E-state index is 12.3. The Bertz CT molecular complexity index is 1060. The van der Waals surface area contributed by atoms with Gasteiger partial charge in [-0.2, -0.15) is 0 Å². The van der Waals surface area contributed by atoms with Gasteiger partial charge in [0, 0.05) is 20.1 Å². The van der Waals surface area contributed by atoms with E-state index in [-0.39, 0.29) is 31.2 Å². The van der Waals surface area contributed by atoms with E-state index < -0.39 is 11.9 Å². The zero-order chi connectivity index (χ0) is 22.2. The number of likely N-dealkylation sites (N-methyl/N-ethyl adjacent to an activating group) is 1. The smallest absolute Gasteiger partial charge is 0.308 e. The Morgan fingerprint density at radius 1 is 1.06 bits per heavy atom. The molecule has 0 aliphatic carbocycles. The highest BCUT2D eigenvalue weighted by molar-refractivity contribution is 5.91. The van der Waals surface area contributed by atoms with Crippen LogP contribution in [0.15, 0.2) is 59.2 Å². The third kappa shape index (κ3) is 6.08. The molecule has 1 N–H and O–H groups in total. The van der Waals surface area contributed by atoms with Gasteiger partial charge in [-0.25, -0.2) is 0 Å². The maximum Gasteiger partial charge on any atom is 0.308 e. The van der Waals surface area contributed by atoms with Crippen LogP contribution in [-0.4, -0.2) is 50.0 Å². The van der Waals surface area contributed by atoms with Crippen LogP contribution in [0, 0.1) is 0 Å². The standard InChI is InChI=1S/C23H24N2O6/c1-25(14-16-5-6-18-13-19(29-2)8-7-17(18)12-16)21(26)15-31-22(27)9-10-24-23(28)20-4-3-11-30-20/h3-8,11-13H,9-10,14-15H2,1-2H3,(H,24,28). The first-order valence-electron chi connectivity index (χ1n) is 9.74. The van der Waals surface area contributed by atoms with Crippen LogP contribution in [0.5, 0.6) is 5.75 Å². The number of furan rings is 1. The lowest BCUT2D eigenvalue weighted by molar-refractivity contribution is -0.151. The molecular formula is C23H24N2O6. The summed E-state index contributed by atoms with van der Waals surface area (Å²) in [6.07, 6.45) is 1.35. The van der Waals surface area contributed by atoms with Gasteiger partial charge in [-0.05, 0) is 46.7 Å². The number of carbonyl (C=O) groups excluding carboxylic acids is 3. The minimum Gasteiger partial charge on any atom is -0.497 e. The largest absolute Gasteiger partial charge is 0.497 e. The van der Waals surface area contributed by atoms with E-state index in [9.17, 15) is 14.4 Å². The van der Waals surface area contributed by atoms with Crippen molar-refractivity contribution in [1.82, 2.24) is 10.2 Å². The Morgan fingerprint density at radius 3 is 2.58 bits per heavy atom. The summed E-state index contributed by atoms with van der Waals surface area (Å²) in [5.74, 6) is -0.348. The van der Waals surface area contributed by atoms with Crippen molar-refractivity contribution >= 4 is 28.6 Å². The Hall–Kier alpha value is -3.81. The zero-order valence-electron chi connectivity index (χ0n) is 17.4. The Morgan fingerprint density at radius 2 is 1.84 bits per heavy atom. The monoisotopic (exact) mass is 424 g/mol. The minimum atomic E-state index is -0.568. The van der Waals surface area contributed by atoms with Crippen LogP contribution < -0.4 is 10.1 Å². The SMILES string of the molecule is COc1ccc2cc(CN(C)C(=O)COC(=O)CCNC(=O)c3ccco3)ccc2c1. The Balaban J connectivity index is 1.42. The molecule has 3 rings (SSSR count). The van der Waals surface area contributed by atoms with Crippen molar-refractivity contribution in [2.24, 2.45) is 0 Å². The van der Waals surface area contributed by atoms with Crippen molar-refractivity contribution in [3.05, 3.63) is 66.1 Å². The first-order chi connectivity index (χ1) is 15.0. The maximum absolute atomic E-state index is 12.3. The number of nitrogens with zero attached hydrogens (tertiary/aromatic N) is 1. The van der Waals surface area contributed by atoms with Crippen molar-refractivity contribution in [2.75, 3.05) is 27.3 Å². The molecule has 0 aliphatic heterocycles. The van der Waals surface area contributed by atoms with Gasteiger partial charge in [0.1, 0.15) is 5.75 Å². The first-order valence-corrected chi connectivity index (χ1v) is 9.74. The predicted molar refractivity (Wildman–Crippen MR) is 114 cm³/mol. The highest BCUT2D eigenvalue weighted by atomic mass is 16.5. The molecule has 8 heteroatoms. The first kappa shape index (κ1) is 21.9. The van der Waals surface area contributed by atoms with Crippen molar-refractivity contribution in [3.63, 3.8) is 0 Å². The van der Waals surface area contributed by atoms with Gasteiger partial charge in [-0.15, -0.1) is 0 Å². The predicted octanol–water partition coefficient (Wildman–Crippen LogP) is 2.76. The molecule has 1 aromatic heterocycles. The number of nitrogens with one attached hydrogen (secondary N) is 1. The topological polar surface area (TPSA) is 98.1 Å². The third-order valence-corrected chi connectivity index (χ3v) is 4.67. The fraction of sp³-hybridized carbons (Fsp3) is 0.261. The lowest BCUT2D eigenvalue weighted by Gasteiger charge is -2.17. The molecule has 162 valence electrons. The fourth-order valence-corrected chi connectivity index (χ4v) is 2.96. The van der Waals surface area contributed by atoms with E-state index in [4.69, 9.17) is 13.9 Å². The molecule has 2 aromatic carbocycles. The van der Waals surface area contributed by atoms with E-state index in [1.54, 1.807) is 20.2 Å². The Kier molecular flexibility index (Phi) is 7.26. The molecule has 0 fully saturated rings. The van der Waals surface area contributed by atoms with Crippen LogP contribution in [0.1, 0.15) is 22.5 Å². The van der Waals surface area contributed by atoms with E-state index >= 15 is 0 Å². The fourth-order valence-electron chi connectivity index (χ4n) is 2.96. The van der Waals surface area contributed by atoms with Crippen molar-refractivity contribution < 1.29 is 28.3 Å². The van der Waals surface area contributed by atoms with E-state index in [2.05, 4.69) is 5.32 Å². The number of carbonyl (C=O) groups is 3. The summed E-state index contributed by atoms with van der Waals surface area (Å²) in [6.45, 7) is 0.119. The van der Waals surface area contributed by atoms with Crippen molar-refractivity contribution in [2.45, 2.75) is 13.0 Å². The summed E-state index contributed by atoms with van der Waals surface area (Å²) < 4.78 is 15.2. The summed E-state index contributed by atoms with van der Waals surface area (Å²) in [6, 6.07) is 14.8. The molecule has 0 bridgehead atoms. The number of hydrogen-bond donors (Lipinski definition) is 1. The summed E-state index contributed by atoms with van der Waals surface area (Å²) in [4.78, 5) is 37.3. The molecule has 2 amide bonds. The third-order valence-electron chi connectivity index (χ3n) is 4.67. The lowest BCUT2D eigenvalue weighted by atomic mass is 10.1. The Labute approximate surface area is 179 Å². The van der Waals surface area contributed by atoms with E-state index in [0.29, 0.717) is 6.54 Å². The number of amides is 2. The average molecular weight is 424 g/mol. The van der Waals surface area contributed by atoms with Crippen LogP contribution in [0.25, 0.3) is 10.8 Å². The summed E-state index contributed by atoms with van der Waals surface area (Å²) in [7, 11) is 3.28. The zero-order valence-corrected chi connectivity index (χ0v) is 17.4. The van der Waals surface area contributed by atoms with Crippen molar-refractivity contribution in [1.29, 1.82) is 0 Å². The van der Waals surface area contributed by atoms with Gasteiger partial charge in [0.15, 0.2) is 12.4 Å². The molecule has 0 saturated heterocycles. The lowest BCUT2D eigenvalue weighted by Crippen LogP contribution is -2.31. The molecule has 0 unspecified atom stereocenters. The number of hydrogen-bond acceptors (Lipinski definition) is 6. The van der Waals surface area contributed by atoms with E-state index in [0.717, 1.165) is 22.1 Å². The molecule has 31 heavy (non-hydrogen) atoms. The number of benzene rings is 2. The van der Waals surface area contributed by atoms with Gasteiger partial charge in [0.2, 0.25) is 0 Å². The second-order valence-corrected chi connectivity index (χ2v) is 6.94. The molecular weight excluding hydrogens is 400 g/mol. The summed E-state index contributed by atoms with van der Waals surface area (Å²) in [5.41, 5.74) is 0.959. The number of esters is 1. The highest BCUT2D eigenvalue weighted by Gasteiger charge is 2.14. The van der Waals surface area contributed by atoms with Crippen LogP contribution in [0.3, 0.4) is 0 Å². The van der Waals surface area contributed by atoms with Crippen LogP contribution in [0.4, 0.5) is 0 Å². The van der Waals surface area contributed by atoms with E-state index in [1.165, 1.54) is 17.2 Å². The van der Waals surface area contributed by atoms with Crippen molar-refractivity contribution in [3.8, 4) is 5.75 Å². The van der Waals surface area contributed by atoms with E-state index in [1.807, 2.05) is 36.4 Å². The number of ether oxygens (including phenoxy) is 2. The average Bonchev–Trinajstić information content (AvgIpc) is 3.32.